The molecule has 0 aliphatic heterocycles. The molecule has 2 atom stereocenters. The van der Waals surface area contributed by atoms with Crippen molar-refractivity contribution in [2.75, 3.05) is 0 Å². The van der Waals surface area contributed by atoms with Gasteiger partial charge in [-0.2, -0.15) is 0 Å². The van der Waals surface area contributed by atoms with Gasteiger partial charge in [0.1, 0.15) is 0 Å². The number of hydrogen-bond donors (Lipinski definition) is 1. The standard InChI is InChI=1S/C15H15ClN2/c1-9-5-11(13-7-14(13)17)8-18-15(9)10-3-2-4-12(16)6-10/h2-6,8,13-14H,7,17H2,1H3/t13-,14+/m0/s1. The zero-order valence-electron chi connectivity index (χ0n) is 10.2. The van der Waals surface area contributed by atoms with Crippen LogP contribution in [0.2, 0.25) is 5.02 Å². The minimum absolute atomic E-state index is 0.322. The summed E-state index contributed by atoms with van der Waals surface area (Å²) < 4.78 is 0. The molecular formula is C15H15ClN2. The minimum atomic E-state index is 0.322. The molecule has 18 heavy (non-hydrogen) atoms. The zero-order valence-corrected chi connectivity index (χ0v) is 11.0. The van der Waals surface area contributed by atoms with E-state index >= 15 is 0 Å². The lowest BCUT2D eigenvalue weighted by Crippen LogP contribution is -2.01. The first-order chi connectivity index (χ1) is 8.65. The van der Waals surface area contributed by atoms with Crippen LogP contribution in [0, 0.1) is 6.92 Å². The normalized spacial score (nSPS) is 21.9. The fourth-order valence-corrected chi connectivity index (χ4v) is 2.53. The number of hydrogen-bond acceptors (Lipinski definition) is 2. The Morgan fingerprint density at radius 3 is 2.72 bits per heavy atom. The van der Waals surface area contributed by atoms with Gasteiger partial charge in [-0.05, 0) is 36.6 Å². The maximum Gasteiger partial charge on any atom is 0.0731 e. The lowest BCUT2D eigenvalue weighted by molar-refractivity contribution is 0.978. The molecule has 1 saturated carbocycles. The summed E-state index contributed by atoms with van der Waals surface area (Å²) in [5, 5.41) is 0.738. The van der Waals surface area contributed by atoms with Crippen molar-refractivity contribution in [2.24, 2.45) is 5.73 Å². The van der Waals surface area contributed by atoms with Gasteiger partial charge in [-0.25, -0.2) is 0 Å². The summed E-state index contributed by atoms with van der Waals surface area (Å²) >= 11 is 6.01. The highest BCUT2D eigenvalue weighted by Crippen LogP contribution is 2.39. The van der Waals surface area contributed by atoms with E-state index < -0.39 is 0 Å². The highest BCUT2D eigenvalue weighted by molar-refractivity contribution is 6.30. The number of nitrogens with two attached hydrogens (primary N) is 1. The van der Waals surface area contributed by atoms with Gasteiger partial charge in [-0.1, -0.05) is 29.8 Å². The predicted molar refractivity (Wildman–Crippen MR) is 74.8 cm³/mol. The van der Waals surface area contributed by atoms with Crippen molar-refractivity contribution < 1.29 is 0 Å². The van der Waals surface area contributed by atoms with Crippen LogP contribution >= 0.6 is 11.6 Å². The van der Waals surface area contributed by atoms with Crippen molar-refractivity contribution in [1.82, 2.24) is 4.98 Å². The topological polar surface area (TPSA) is 38.9 Å². The third-order valence-electron chi connectivity index (χ3n) is 3.47. The second-order valence-electron chi connectivity index (χ2n) is 4.95. The number of aromatic nitrogens is 1. The molecule has 0 saturated heterocycles. The van der Waals surface area contributed by atoms with Crippen LogP contribution in [0.25, 0.3) is 11.3 Å². The molecule has 0 spiro atoms. The zero-order chi connectivity index (χ0) is 12.7. The molecule has 92 valence electrons. The predicted octanol–water partition coefficient (Wildman–Crippen LogP) is 3.53. The molecule has 3 heteroatoms. The summed E-state index contributed by atoms with van der Waals surface area (Å²) in [5.41, 5.74) is 10.4. The van der Waals surface area contributed by atoms with Gasteiger partial charge in [-0.15, -0.1) is 0 Å². The molecule has 2 aromatic rings. The SMILES string of the molecule is Cc1cc([C@@H]2C[C@H]2N)cnc1-c1cccc(Cl)c1. The summed E-state index contributed by atoms with van der Waals surface area (Å²) in [6.45, 7) is 2.08. The molecule has 1 aromatic heterocycles. The van der Waals surface area contributed by atoms with Gasteiger partial charge in [0.2, 0.25) is 0 Å². The van der Waals surface area contributed by atoms with Gasteiger partial charge in [-0.3, -0.25) is 4.98 Å². The Morgan fingerprint density at radius 1 is 1.33 bits per heavy atom. The van der Waals surface area contributed by atoms with Crippen LogP contribution in [0.5, 0.6) is 0 Å². The monoisotopic (exact) mass is 258 g/mol. The highest BCUT2D eigenvalue weighted by atomic mass is 35.5. The van der Waals surface area contributed by atoms with Crippen molar-refractivity contribution in [3.05, 3.63) is 52.7 Å². The summed E-state index contributed by atoms with van der Waals surface area (Å²) in [6, 6.07) is 10.3. The molecule has 3 rings (SSSR count). The molecule has 1 heterocycles. The third-order valence-corrected chi connectivity index (χ3v) is 3.70. The van der Waals surface area contributed by atoms with Crippen LogP contribution in [0.15, 0.2) is 36.5 Å². The Bertz CT molecular complexity index is 595. The maximum absolute atomic E-state index is 6.01. The second-order valence-corrected chi connectivity index (χ2v) is 5.39. The van der Waals surface area contributed by atoms with Crippen LogP contribution < -0.4 is 5.73 Å². The number of halogens is 1. The molecular weight excluding hydrogens is 244 g/mol. The summed E-state index contributed by atoms with van der Waals surface area (Å²) in [6.07, 6.45) is 3.03. The Morgan fingerprint density at radius 2 is 2.11 bits per heavy atom. The number of rotatable bonds is 2. The number of aryl methyl sites for hydroxylation is 1. The average molecular weight is 259 g/mol. The third kappa shape index (κ3) is 2.14. The van der Waals surface area contributed by atoms with Crippen LogP contribution in [-0.2, 0) is 0 Å². The van der Waals surface area contributed by atoms with Crippen molar-refractivity contribution in [1.29, 1.82) is 0 Å². The Balaban J connectivity index is 1.98. The van der Waals surface area contributed by atoms with E-state index in [0.29, 0.717) is 12.0 Å². The second kappa shape index (κ2) is 4.38. The average Bonchev–Trinajstić information content (AvgIpc) is 3.06. The van der Waals surface area contributed by atoms with Crippen molar-refractivity contribution >= 4 is 11.6 Å². The van der Waals surface area contributed by atoms with Gasteiger partial charge in [0.05, 0.1) is 5.69 Å². The Kier molecular flexibility index (Phi) is 2.84. The van der Waals surface area contributed by atoms with Crippen LogP contribution in [0.3, 0.4) is 0 Å². The summed E-state index contributed by atoms with van der Waals surface area (Å²) in [4.78, 5) is 4.57. The van der Waals surface area contributed by atoms with Gasteiger partial charge >= 0.3 is 0 Å². The number of pyridine rings is 1. The molecule has 0 amide bonds. The van der Waals surface area contributed by atoms with Crippen molar-refractivity contribution in [2.45, 2.75) is 25.3 Å². The van der Waals surface area contributed by atoms with E-state index in [1.54, 1.807) is 0 Å². The number of nitrogens with zero attached hydrogens (tertiary/aromatic N) is 1. The fourth-order valence-electron chi connectivity index (χ4n) is 2.34. The Hall–Kier alpha value is -1.38. The summed E-state index contributed by atoms with van der Waals surface area (Å²) in [5.74, 6) is 0.504. The molecule has 1 aliphatic carbocycles. The van der Waals surface area contributed by atoms with E-state index in [4.69, 9.17) is 17.3 Å². The first-order valence-electron chi connectivity index (χ1n) is 6.13. The largest absolute Gasteiger partial charge is 0.327 e. The van der Waals surface area contributed by atoms with Gasteiger partial charge in [0.25, 0.3) is 0 Å². The van der Waals surface area contributed by atoms with E-state index in [9.17, 15) is 0 Å². The van der Waals surface area contributed by atoms with Gasteiger partial charge < -0.3 is 5.73 Å². The van der Waals surface area contributed by atoms with Crippen LogP contribution in [-0.4, -0.2) is 11.0 Å². The highest BCUT2D eigenvalue weighted by Gasteiger charge is 2.35. The van der Waals surface area contributed by atoms with Crippen molar-refractivity contribution in [3.63, 3.8) is 0 Å². The van der Waals surface area contributed by atoms with Crippen molar-refractivity contribution in [3.8, 4) is 11.3 Å². The molecule has 0 unspecified atom stereocenters. The van der Waals surface area contributed by atoms with E-state index in [1.165, 1.54) is 11.1 Å². The van der Waals surface area contributed by atoms with Crippen LogP contribution in [0.1, 0.15) is 23.5 Å². The van der Waals surface area contributed by atoms with E-state index in [1.807, 2.05) is 30.5 Å². The molecule has 1 aliphatic rings. The Labute approximate surface area is 112 Å². The molecule has 1 aromatic carbocycles. The van der Waals surface area contributed by atoms with Gasteiger partial charge in [0.15, 0.2) is 0 Å². The van der Waals surface area contributed by atoms with E-state index in [0.717, 1.165) is 22.7 Å². The first-order valence-corrected chi connectivity index (χ1v) is 6.51. The lowest BCUT2D eigenvalue weighted by atomic mass is 10.0. The van der Waals surface area contributed by atoms with Gasteiger partial charge in [0, 0.05) is 28.7 Å². The fraction of sp³-hybridized carbons (Fsp3) is 0.267. The molecule has 2 nitrogen and oxygen atoms in total. The molecule has 1 fully saturated rings. The molecule has 0 radical (unpaired) electrons. The minimum Gasteiger partial charge on any atom is -0.327 e. The quantitative estimate of drug-likeness (QED) is 0.895. The lowest BCUT2D eigenvalue weighted by Gasteiger charge is -2.08. The smallest absolute Gasteiger partial charge is 0.0731 e. The van der Waals surface area contributed by atoms with Crippen LogP contribution in [0.4, 0.5) is 0 Å². The molecule has 2 N–H and O–H groups in total. The van der Waals surface area contributed by atoms with E-state index in [-0.39, 0.29) is 0 Å². The van der Waals surface area contributed by atoms with E-state index in [2.05, 4.69) is 18.0 Å². The maximum atomic E-state index is 6.01. The summed E-state index contributed by atoms with van der Waals surface area (Å²) in [7, 11) is 0. The number of benzene rings is 1. The first kappa shape index (κ1) is 11.7. The molecule has 0 bridgehead atoms.